The van der Waals surface area contributed by atoms with Crippen LogP contribution in [-0.4, -0.2) is 33.3 Å². The average Bonchev–Trinajstić information content (AvgIpc) is 2.88. The molecular weight excluding hydrogens is 291 g/mol. The number of benzene rings is 1. The summed E-state index contributed by atoms with van der Waals surface area (Å²) in [6.45, 7) is 0.820. The topological polar surface area (TPSA) is 66.0 Å². The van der Waals surface area contributed by atoms with Gasteiger partial charge in [-0.1, -0.05) is 23.9 Å². The van der Waals surface area contributed by atoms with E-state index in [0.717, 1.165) is 25.2 Å². The number of nitrogens with two attached hydrogens (primary N) is 1. The van der Waals surface area contributed by atoms with Crippen LogP contribution in [0.15, 0.2) is 29.4 Å². The van der Waals surface area contributed by atoms with Gasteiger partial charge in [0.1, 0.15) is 5.82 Å². The van der Waals surface area contributed by atoms with Gasteiger partial charge in [-0.2, -0.15) is 0 Å². The number of nitrogens with zero attached hydrogens (tertiary/aromatic N) is 3. The van der Waals surface area contributed by atoms with Gasteiger partial charge in [-0.15, -0.1) is 10.2 Å². The fourth-order valence-electron chi connectivity index (χ4n) is 2.31. The molecule has 1 aromatic heterocycles. The van der Waals surface area contributed by atoms with Crippen LogP contribution in [0.5, 0.6) is 0 Å². The van der Waals surface area contributed by atoms with Gasteiger partial charge in [0.15, 0.2) is 5.82 Å². The Balaban J connectivity index is 1.72. The molecule has 0 saturated carbocycles. The van der Waals surface area contributed by atoms with Crippen molar-refractivity contribution in [2.24, 2.45) is 0 Å². The Labute approximate surface area is 126 Å². The largest absolute Gasteiger partial charge is 0.377 e. The molecule has 0 spiro atoms. The third-order valence-corrected chi connectivity index (χ3v) is 4.53. The zero-order valence-electron chi connectivity index (χ0n) is 11.5. The maximum Gasteiger partial charge on any atom is 0.210 e. The van der Waals surface area contributed by atoms with Gasteiger partial charge in [0.25, 0.3) is 0 Å². The highest BCUT2D eigenvalue weighted by Crippen LogP contribution is 2.25. The molecule has 0 bridgehead atoms. The fraction of sp³-hybridized carbons (Fsp3) is 0.429. The van der Waals surface area contributed by atoms with Crippen LogP contribution in [0.25, 0.3) is 11.4 Å². The molecule has 3 rings (SSSR count). The first-order valence-corrected chi connectivity index (χ1v) is 7.94. The van der Waals surface area contributed by atoms with E-state index in [1.807, 2.05) is 0 Å². The highest BCUT2D eigenvalue weighted by Gasteiger charge is 2.18. The lowest BCUT2D eigenvalue weighted by Gasteiger charge is -2.21. The zero-order chi connectivity index (χ0) is 14.7. The van der Waals surface area contributed by atoms with E-state index in [2.05, 4.69) is 10.2 Å². The second-order valence-corrected chi connectivity index (χ2v) is 5.94. The number of thioether (sulfide) groups is 1. The predicted molar refractivity (Wildman–Crippen MR) is 79.9 cm³/mol. The highest BCUT2D eigenvalue weighted by atomic mass is 32.2. The number of halogens is 1. The van der Waals surface area contributed by atoms with Crippen molar-refractivity contribution in [1.82, 2.24) is 14.9 Å². The quantitative estimate of drug-likeness (QED) is 0.694. The van der Waals surface area contributed by atoms with Crippen molar-refractivity contribution in [1.29, 1.82) is 0 Å². The van der Waals surface area contributed by atoms with E-state index < -0.39 is 0 Å². The molecule has 1 aliphatic heterocycles. The van der Waals surface area contributed by atoms with Gasteiger partial charge in [0.2, 0.25) is 5.16 Å². The summed E-state index contributed by atoms with van der Waals surface area (Å²) in [5, 5.41) is 8.61. The minimum absolute atomic E-state index is 0.234. The molecule has 0 aliphatic carbocycles. The second kappa shape index (κ2) is 6.44. The molecule has 1 saturated heterocycles. The Morgan fingerprint density at radius 3 is 2.95 bits per heavy atom. The molecule has 1 aromatic carbocycles. The number of hydrogen-bond acceptors (Lipinski definition) is 5. The van der Waals surface area contributed by atoms with Crippen LogP contribution in [0.2, 0.25) is 0 Å². The smallest absolute Gasteiger partial charge is 0.210 e. The summed E-state index contributed by atoms with van der Waals surface area (Å²) in [5.41, 5.74) is 0.355. The zero-order valence-corrected chi connectivity index (χ0v) is 12.4. The van der Waals surface area contributed by atoms with Crippen molar-refractivity contribution in [3.63, 3.8) is 0 Å². The Hall–Kier alpha value is -1.60. The van der Waals surface area contributed by atoms with Crippen LogP contribution in [0, 0.1) is 5.82 Å². The van der Waals surface area contributed by atoms with Crippen molar-refractivity contribution in [2.75, 3.05) is 18.2 Å². The number of hydrogen-bond donors (Lipinski definition) is 1. The molecule has 1 aliphatic rings. The molecule has 7 heteroatoms. The lowest BCUT2D eigenvalue weighted by Crippen LogP contribution is -2.22. The molecule has 5 nitrogen and oxygen atoms in total. The van der Waals surface area contributed by atoms with Crippen LogP contribution >= 0.6 is 11.8 Å². The first-order valence-electron chi connectivity index (χ1n) is 6.95. The molecule has 1 atom stereocenters. The summed E-state index contributed by atoms with van der Waals surface area (Å²) in [7, 11) is 0. The molecule has 1 unspecified atom stereocenters. The fourth-order valence-corrected chi connectivity index (χ4v) is 3.23. The number of nitrogen functional groups attached to an aromatic ring is 1. The van der Waals surface area contributed by atoms with Crippen molar-refractivity contribution in [3.8, 4) is 11.4 Å². The van der Waals surface area contributed by atoms with E-state index in [1.54, 1.807) is 18.2 Å². The normalized spacial score (nSPS) is 18.8. The van der Waals surface area contributed by atoms with E-state index in [9.17, 15) is 4.39 Å². The lowest BCUT2D eigenvalue weighted by molar-refractivity contribution is 0.0315. The van der Waals surface area contributed by atoms with E-state index >= 15 is 0 Å². The van der Waals surface area contributed by atoms with Crippen LogP contribution in [0.3, 0.4) is 0 Å². The minimum atomic E-state index is -0.358. The summed E-state index contributed by atoms with van der Waals surface area (Å²) in [6.07, 6.45) is 3.62. The van der Waals surface area contributed by atoms with Crippen LogP contribution < -0.4 is 5.84 Å². The summed E-state index contributed by atoms with van der Waals surface area (Å²) in [5.74, 6) is 6.74. The predicted octanol–water partition coefficient (Wildman–Crippen LogP) is 2.46. The Bertz CT molecular complexity index is 613. The number of aromatic nitrogens is 3. The van der Waals surface area contributed by atoms with Crippen molar-refractivity contribution in [3.05, 3.63) is 30.1 Å². The standard InChI is InChI=1S/C14H17FN4OS/c15-12-7-2-1-6-11(12)13-17-18-14(19(13)16)21-9-10-5-3-4-8-20-10/h1-2,6-7,10H,3-5,8-9,16H2. The van der Waals surface area contributed by atoms with Crippen LogP contribution in [0.4, 0.5) is 4.39 Å². The van der Waals surface area contributed by atoms with Gasteiger partial charge in [-0.3, -0.25) is 0 Å². The molecular formula is C14H17FN4OS. The Kier molecular flexibility index (Phi) is 4.40. The molecule has 0 radical (unpaired) electrons. The van der Waals surface area contributed by atoms with Crippen LogP contribution in [-0.2, 0) is 4.74 Å². The molecule has 1 fully saturated rings. The first kappa shape index (κ1) is 14.3. The summed E-state index contributed by atoms with van der Waals surface area (Å²) in [4.78, 5) is 0. The van der Waals surface area contributed by atoms with Gasteiger partial charge in [-0.05, 0) is 31.4 Å². The van der Waals surface area contributed by atoms with Gasteiger partial charge >= 0.3 is 0 Å². The van der Waals surface area contributed by atoms with E-state index in [4.69, 9.17) is 10.6 Å². The van der Waals surface area contributed by atoms with E-state index in [1.165, 1.54) is 28.9 Å². The molecule has 2 heterocycles. The van der Waals surface area contributed by atoms with Gasteiger partial charge in [0.05, 0.1) is 11.7 Å². The molecule has 2 aromatic rings. The monoisotopic (exact) mass is 308 g/mol. The third-order valence-electron chi connectivity index (χ3n) is 3.45. The second-order valence-electron chi connectivity index (χ2n) is 4.96. The van der Waals surface area contributed by atoms with Crippen molar-refractivity contribution < 1.29 is 9.13 Å². The number of ether oxygens (including phenoxy) is 1. The summed E-state index contributed by atoms with van der Waals surface area (Å²) in [6, 6.07) is 6.40. The van der Waals surface area contributed by atoms with Gasteiger partial charge in [0, 0.05) is 12.4 Å². The molecule has 0 amide bonds. The van der Waals surface area contributed by atoms with E-state index in [-0.39, 0.29) is 11.9 Å². The van der Waals surface area contributed by atoms with E-state index in [0.29, 0.717) is 16.5 Å². The van der Waals surface area contributed by atoms with Crippen LogP contribution in [0.1, 0.15) is 19.3 Å². The lowest BCUT2D eigenvalue weighted by atomic mass is 10.1. The van der Waals surface area contributed by atoms with Crippen molar-refractivity contribution in [2.45, 2.75) is 30.5 Å². The maximum absolute atomic E-state index is 13.8. The average molecular weight is 308 g/mol. The third kappa shape index (κ3) is 3.19. The Morgan fingerprint density at radius 2 is 2.19 bits per heavy atom. The summed E-state index contributed by atoms with van der Waals surface area (Å²) < 4.78 is 20.8. The molecule has 21 heavy (non-hydrogen) atoms. The van der Waals surface area contributed by atoms with Crippen molar-refractivity contribution >= 4 is 11.8 Å². The van der Waals surface area contributed by atoms with Gasteiger partial charge in [-0.25, -0.2) is 9.07 Å². The minimum Gasteiger partial charge on any atom is -0.377 e. The number of rotatable bonds is 4. The summed E-state index contributed by atoms with van der Waals surface area (Å²) >= 11 is 1.49. The SMILES string of the molecule is Nn1c(SCC2CCCCO2)nnc1-c1ccccc1F. The highest BCUT2D eigenvalue weighted by molar-refractivity contribution is 7.99. The van der Waals surface area contributed by atoms with Gasteiger partial charge < -0.3 is 10.6 Å². The Morgan fingerprint density at radius 1 is 1.33 bits per heavy atom. The molecule has 2 N–H and O–H groups in total. The first-order chi connectivity index (χ1) is 10.3. The molecule has 112 valence electrons. The maximum atomic E-state index is 13.8.